The van der Waals surface area contributed by atoms with Crippen molar-refractivity contribution in [2.75, 3.05) is 15.4 Å². The predicted molar refractivity (Wildman–Crippen MR) is 106 cm³/mol. The smallest absolute Gasteiger partial charge is 0.255 e. The van der Waals surface area contributed by atoms with E-state index in [1.165, 1.54) is 4.31 Å². The lowest BCUT2D eigenvalue weighted by Crippen LogP contribution is -2.36. The summed E-state index contributed by atoms with van der Waals surface area (Å²) in [5, 5.41) is 3.58. The zero-order valence-electron chi connectivity index (χ0n) is 14.3. The summed E-state index contributed by atoms with van der Waals surface area (Å²) in [6, 6.07) is 9.69. The van der Waals surface area contributed by atoms with Gasteiger partial charge in [-0.3, -0.25) is 9.10 Å². The van der Waals surface area contributed by atoms with Crippen molar-refractivity contribution in [3.8, 4) is 0 Å². The molecule has 26 heavy (non-hydrogen) atoms. The summed E-state index contributed by atoms with van der Waals surface area (Å²) < 4.78 is 26.1. The molecule has 2 aromatic carbocycles. The van der Waals surface area contributed by atoms with Crippen molar-refractivity contribution in [2.45, 2.75) is 26.3 Å². The van der Waals surface area contributed by atoms with Crippen molar-refractivity contribution in [3.05, 3.63) is 57.6 Å². The number of carbonyl (C=O) groups excluding carboxylic acids is 1. The van der Waals surface area contributed by atoms with Crippen LogP contribution in [-0.4, -0.2) is 26.1 Å². The van der Waals surface area contributed by atoms with Crippen LogP contribution in [0.25, 0.3) is 0 Å². The van der Waals surface area contributed by atoms with Gasteiger partial charge in [-0.25, -0.2) is 8.42 Å². The number of rotatable bonds is 4. The fourth-order valence-electron chi connectivity index (χ4n) is 3.09. The van der Waals surface area contributed by atoms with E-state index in [0.717, 1.165) is 5.56 Å². The Morgan fingerprint density at radius 3 is 2.62 bits per heavy atom. The molecular weight excluding hydrogens is 395 g/mol. The molecule has 1 heterocycles. The molecule has 1 amide bonds. The average molecular weight is 413 g/mol. The predicted octanol–water partition coefficient (Wildman–Crippen LogP) is 4.35. The van der Waals surface area contributed by atoms with E-state index in [9.17, 15) is 13.2 Å². The Morgan fingerprint density at radius 1 is 1.23 bits per heavy atom. The lowest BCUT2D eigenvalue weighted by atomic mass is 10.1. The van der Waals surface area contributed by atoms with Gasteiger partial charge >= 0.3 is 0 Å². The molecule has 0 aliphatic carbocycles. The van der Waals surface area contributed by atoms with E-state index in [2.05, 4.69) is 5.32 Å². The minimum Gasteiger partial charge on any atom is -0.321 e. The van der Waals surface area contributed by atoms with Crippen molar-refractivity contribution >= 4 is 50.5 Å². The van der Waals surface area contributed by atoms with Gasteiger partial charge in [-0.1, -0.05) is 23.2 Å². The molecule has 0 spiro atoms. The molecule has 1 aliphatic rings. The van der Waals surface area contributed by atoms with E-state index in [0.29, 0.717) is 33.4 Å². The molecular formula is C18H18Cl2N2O3S. The Balaban J connectivity index is 1.88. The van der Waals surface area contributed by atoms with E-state index >= 15 is 0 Å². The summed E-state index contributed by atoms with van der Waals surface area (Å²) in [6.45, 7) is 3.48. The van der Waals surface area contributed by atoms with E-state index in [-0.39, 0.29) is 17.7 Å². The maximum Gasteiger partial charge on any atom is 0.255 e. The molecule has 1 N–H and O–H groups in total. The fraction of sp³-hybridized carbons (Fsp3) is 0.278. The summed E-state index contributed by atoms with van der Waals surface area (Å²) >= 11 is 11.9. The quantitative estimate of drug-likeness (QED) is 0.811. The number of nitrogens with one attached hydrogen (secondary N) is 1. The van der Waals surface area contributed by atoms with Crippen molar-refractivity contribution in [1.29, 1.82) is 0 Å². The van der Waals surface area contributed by atoms with Crippen LogP contribution in [0.1, 0.15) is 29.8 Å². The maximum atomic E-state index is 12.5. The molecule has 1 atom stereocenters. The van der Waals surface area contributed by atoms with Gasteiger partial charge in [0.2, 0.25) is 10.0 Å². The van der Waals surface area contributed by atoms with Crippen LogP contribution >= 0.6 is 23.2 Å². The highest BCUT2D eigenvalue weighted by molar-refractivity contribution is 7.92. The Bertz CT molecular complexity index is 976. The number of carbonyl (C=O) groups is 1. The molecule has 0 radical (unpaired) electrons. The number of anilines is 2. The number of halogens is 2. The monoisotopic (exact) mass is 412 g/mol. The van der Waals surface area contributed by atoms with Gasteiger partial charge in [0.1, 0.15) is 0 Å². The van der Waals surface area contributed by atoms with Gasteiger partial charge in [-0.2, -0.15) is 0 Å². The average Bonchev–Trinajstić information content (AvgIpc) is 2.92. The molecule has 0 saturated heterocycles. The molecule has 0 fully saturated rings. The number of sulfonamides is 1. The first-order valence-corrected chi connectivity index (χ1v) is 10.5. The van der Waals surface area contributed by atoms with Gasteiger partial charge in [0, 0.05) is 16.6 Å². The van der Waals surface area contributed by atoms with E-state index in [4.69, 9.17) is 23.2 Å². The third-order valence-electron chi connectivity index (χ3n) is 4.34. The molecule has 3 rings (SSSR count). The Labute approximate surface area is 163 Å². The first kappa shape index (κ1) is 19.0. The summed E-state index contributed by atoms with van der Waals surface area (Å²) in [6.07, 6.45) is 0.567. The third kappa shape index (κ3) is 3.54. The maximum absolute atomic E-state index is 12.5. The van der Waals surface area contributed by atoms with Crippen molar-refractivity contribution in [3.63, 3.8) is 0 Å². The van der Waals surface area contributed by atoms with E-state index in [1.807, 2.05) is 6.92 Å². The molecule has 0 unspecified atom stereocenters. The zero-order valence-corrected chi connectivity index (χ0v) is 16.6. The lowest BCUT2D eigenvalue weighted by molar-refractivity contribution is 0.102. The second-order valence-electron chi connectivity index (χ2n) is 6.17. The fourth-order valence-corrected chi connectivity index (χ4v) is 4.93. The highest BCUT2D eigenvalue weighted by Gasteiger charge is 2.34. The minimum atomic E-state index is -3.35. The van der Waals surface area contributed by atoms with Crippen LogP contribution in [0, 0.1) is 0 Å². The van der Waals surface area contributed by atoms with Gasteiger partial charge < -0.3 is 5.32 Å². The largest absolute Gasteiger partial charge is 0.321 e. The van der Waals surface area contributed by atoms with E-state index < -0.39 is 10.0 Å². The van der Waals surface area contributed by atoms with Crippen LogP contribution < -0.4 is 9.62 Å². The summed E-state index contributed by atoms with van der Waals surface area (Å²) in [4.78, 5) is 12.5. The third-order valence-corrected chi connectivity index (χ3v) is 6.77. The SMILES string of the molecule is CCS(=O)(=O)N1c2ccc(C(=O)Nc3ccc(Cl)cc3Cl)cc2C[C@@H]1C. The number of nitrogens with zero attached hydrogens (tertiary/aromatic N) is 1. The van der Waals surface area contributed by atoms with Crippen LogP contribution in [0.15, 0.2) is 36.4 Å². The van der Waals surface area contributed by atoms with Gasteiger partial charge in [0.25, 0.3) is 5.91 Å². The van der Waals surface area contributed by atoms with E-state index in [1.54, 1.807) is 43.3 Å². The summed E-state index contributed by atoms with van der Waals surface area (Å²) in [5.41, 5.74) is 2.38. The number of benzene rings is 2. The molecule has 0 aromatic heterocycles. The molecule has 8 heteroatoms. The lowest BCUT2D eigenvalue weighted by Gasteiger charge is -2.23. The molecule has 1 aliphatic heterocycles. The second-order valence-corrected chi connectivity index (χ2v) is 9.15. The van der Waals surface area contributed by atoms with Crippen molar-refractivity contribution in [2.24, 2.45) is 0 Å². The Hall–Kier alpha value is -1.76. The standard InChI is InChI=1S/C18H18Cl2N2O3S/c1-3-26(24,25)22-11(2)8-13-9-12(4-7-17(13)22)18(23)21-16-6-5-14(19)10-15(16)20/h4-7,9-11H,3,8H2,1-2H3,(H,21,23)/t11-/m0/s1. The number of hydrogen-bond donors (Lipinski definition) is 1. The van der Waals surface area contributed by atoms with Crippen LogP contribution in [0.2, 0.25) is 10.0 Å². The van der Waals surface area contributed by atoms with Gasteiger partial charge in [-0.15, -0.1) is 0 Å². The Morgan fingerprint density at radius 2 is 1.96 bits per heavy atom. The van der Waals surface area contributed by atoms with Crippen molar-refractivity contribution in [1.82, 2.24) is 0 Å². The normalized spacial score (nSPS) is 16.5. The molecule has 0 bridgehead atoms. The van der Waals surface area contributed by atoms with Gasteiger partial charge in [0.05, 0.1) is 22.2 Å². The zero-order chi connectivity index (χ0) is 19.1. The van der Waals surface area contributed by atoms with Gasteiger partial charge in [0.15, 0.2) is 0 Å². The minimum absolute atomic E-state index is 0.0358. The van der Waals surface area contributed by atoms with Crippen LogP contribution in [0.4, 0.5) is 11.4 Å². The Kier molecular flexibility index (Phi) is 5.19. The molecule has 5 nitrogen and oxygen atoms in total. The number of hydrogen-bond acceptors (Lipinski definition) is 3. The topological polar surface area (TPSA) is 66.5 Å². The molecule has 2 aromatic rings. The number of amides is 1. The number of fused-ring (bicyclic) bond motifs is 1. The van der Waals surface area contributed by atoms with Crippen LogP contribution in [0.3, 0.4) is 0 Å². The van der Waals surface area contributed by atoms with Crippen LogP contribution in [0.5, 0.6) is 0 Å². The van der Waals surface area contributed by atoms with Crippen LogP contribution in [-0.2, 0) is 16.4 Å². The first-order chi connectivity index (χ1) is 12.2. The summed E-state index contributed by atoms with van der Waals surface area (Å²) in [7, 11) is -3.35. The molecule has 0 saturated carbocycles. The second kappa shape index (κ2) is 7.10. The van der Waals surface area contributed by atoms with Gasteiger partial charge in [-0.05, 0) is 62.2 Å². The van der Waals surface area contributed by atoms with Crippen molar-refractivity contribution < 1.29 is 13.2 Å². The first-order valence-electron chi connectivity index (χ1n) is 8.14. The molecule has 138 valence electrons. The highest BCUT2D eigenvalue weighted by atomic mass is 35.5. The highest BCUT2D eigenvalue weighted by Crippen LogP contribution is 2.35. The summed E-state index contributed by atoms with van der Waals surface area (Å²) in [5.74, 6) is -0.282.